The van der Waals surface area contributed by atoms with Crippen molar-refractivity contribution in [1.29, 1.82) is 0 Å². The lowest BCUT2D eigenvalue weighted by atomic mass is 9.93. The Labute approximate surface area is 228 Å². The van der Waals surface area contributed by atoms with E-state index in [0.29, 0.717) is 56.4 Å². The molecule has 212 valence electrons. The van der Waals surface area contributed by atoms with E-state index in [1.54, 1.807) is 7.11 Å². The molecule has 2 amide bonds. The molecule has 4 rings (SSSR count). The second kappa shape index (κ2) is 13.8. The van der Waals surface area contributed by atoms with E-state index in [1.165, 1.54) is 0 Å². The predicted molar refractivity (Wildman–Crippen MR) is 147 cm³/mol. The molecule has 8 heteroatoms. The molecule has 0 unspecified atom stereocenters. The van der Waals surface area contributed by atoms with Crippen molar-refractivity contribution in [3.63, 3.8) is 0 Å². The number of hydrogen-bond acceptors (Lipinski definition) is 6. The zero-order valence-corrected chi connectivity index (χ0v) is 23.7. The van der Waals surface area contributed by atoms with E-state index < -0.39 is 0 Å². The van der Waals surface area contributed by atoms with Gasteiger partial charge in [0.1, 0.15) is 5.75 Å². The number of methoxy groups -OCH3 is 1. The van der Waals surface area contributed by atoms with E-state index in [2.05, 4.69) is 31.0 Å². The van der Waals surface area contributed by atoms with Crippen LogP contribution in [0.1, 0.15) is 62.4 Å². The molecule has 8 nitrogen and oxygen atoms in total. The van der Waals surface area contributed by atoms with E-state index >= 15 is 0 Å². The second-order valence-electron chi connectivity index (χ2n) is 11.4. The molecule has 0 bridgehead atoms. The van der Waals surface area contributed by atoms with Gasteiger partial charge in [0.15, 0.2) is 0 Å². The van der Waals surface area contributed by atoms with Crippen molar-refractivity contribution in [1.82, 2.24) is 15.1 Å². The molecule has 3 aliphatic rings. The van der Waals surface area contributed by atoms with E-state index in [0.717, 1.165) is 63.1 Å². The van der Waals surface area contributed by atoms with Crippen molar-refractivity contribution in [2.75, 3.05) is 59.7 Å². The monoisotopic (exact) mass is 529 g/mol. The fourth-order valence-corrected chi connectivity index (χ4v) is 5.68. The molecule has 1 N–H and O–H groups in total. The normalized spacial score (nSPS) is 23.1. The molecular weight excluding hydrogens is 482 g/mol. The van der Waals surface area contributed by atoms with Gasteiger partial charge in [0, 0.05) is 70.6 Å². The Morgan fingerprint density at radius 3 is 2.50 bits per heavy atom. The molecular formula is C30H47N3O5. The summed E-state index contributed by atoms with van der Waals surface area (Å²) in [4.78, 5) is 31.2. The lowest BCUT2D eigenvalue weighted by molar-refractivity contribution is -0.136. The SMILES string of the molecule is CCc1ccc(C(=O)N(C[C@@H]2CNC[C@H]2CN(C(=O)[C@H]2CCOC2)C2CC2)C(C)C)cc1OCCCOC. The summed E-state index contributed by atoms with van der Waals surface area (Å²) in [5.74, 6) is 1.73. The highest BCUT2D eigenvalue weighted by atomic mass is 16.5. The topological polar surface area (TPSA) is 80.3 Å². The number of amides is 2. The summed E-state index contributed by atoms with van der Waals surface area (Å²) in [6.07, 6.45) is 4.69. The zero-order chi connectivity index (χ0) is 27.1. The van der Waals surface area contributed by atoms with Crippen LogP contribution in [0.2, 0.25) is 0 Å². The Morgan fingerprint density at radius 2 is 1.87 bits per heavy atom. The minimum absolute atomic E-state index is 0.00848. The van der Waals surface area contributed by atoms with Crippen LogP contribution in [0.15, 0.2) is 18.2 Å². The van der Waals surface area contributed by atoms with Crippen molar-refractivity contribution in [3.05, 3.63) is 29.3 Å². The predicted octanol–water partition coefficient (Wildman–Crippen LogP) is 3.38. The van der Waals surface area contributed by atoms with Gasteiger partial charge in [-0.1, -0.05) is 13.0 Å². The number of hydrogen-bond donors (Lipinski definition) is 1. The highest BCUT2D eigenvalue weighted by Gasteiger charge is 2.41. The number of carbonyl (C=O) groups excluding carboxylic acids is 2. The average molecular weight is 530 g/mol. The zero-order valence-electron chi connectivity index (χ0n) is 23.7. The van der Waals surface area contributed by atoms with Crippen molar-refractivity contribution in [2.24, 2.45) is 17.8 Å². The first kappa shape index (κ1) is 28.8. The van der Waals surface area contributed by atoms with E-state index in [4.69, 9.17) is 14.2 Å². The molecule has 0 radical (unpaired) electrons. The Balaban J connectivity index is 1.43. The average Bonchev–Trinajstić information content (AvgIpc) is 3.41. The molecule has 0 aromatic heterocycles. The molecule has 2 saturated heterocycles. The minimum atomic E-state index is 0.00848. The first-order valence-corrected chi connectivity index (χ1v) is 14.6. The quantitative estimate of drug-likeness (QED) is 0.372. The van der Waals surface area contributed by atoms with E-state index in [-0.39, 0.29) is 23.8 Å². The van der Waals surface area contributed by atoms with Crippen LogP contribution in [-0.4, -0.2) is 93.4 Å². The van der Waals surface area contributed by atoms with Gasteiger partial charge in [-0.2, -0.15) is 0 Å². The number of benzene rings is 1. The van der Waals surface area contributed by atoms with E-state index in [1.807, 2.05) is 23.1 Å². The summed E-state index contributed by atoms with van der Waals surface area (Å²) in [5, 5.41) is 3.55. The highest BCUT2D eigenvalue weighted by Crippen LogP contribution is 2.33. The number of nitrogens with one attached hydrogen (secondary N) is 1. The van der Waals surface area contributed by atoms with Gasteiger partial charge in [0.2, 0.25) is 5.91 Å². The summed E-state index contributed by atoms with van der Waals surface area (Å²) < 4.78 is 16.7. The van der Waals surface area contributed by atoms with Crippen LogP contribution in [0.4, 0.5) is 0 Å². The van der Waals surface area contributed by atoms with Gasteiger partial charge in [-0.25, -0.2) is 0 Å². The molecule has 3 fully saturated rings. The molecule has 1 aromatic rings. The summed E-state index contributed by atoms with van der Waals surface area (Å²) in [6.45, 7) is 11.9. The third kappa shape index (κ3) is 7.27. The molecule has 3 atom stereocenters. The van der Waals surface area contributed by atoms with Crippen LogP contribution in [0.3, 0.4) is 0 Å². The lowest BCUT2D eigenvalue weighted by Gasteiger charge is -2.34. The molecule has 38 heavy (non-hydrogen) atoms. The van der Waals surface area contributed by atoms with Gasteiger partial charge < -0.3 is 29.3 Å². The van der Waals surface area contributed by atoms with Crippen LogP contribution in [0.25, 0.3) is 0 Å². The van der Waals surface area contributed by atoms with Gasteiger partial charge in [0.25, 0.3) is 5.91 Å². The fourth-order valence-electron chi connectivity index (χ4n) is 5.68. The van der Waals surface area contributed by atoms with Crippen molar-refractivity contribution < 1.29 is 23.8 Å². The third-order valence-corrected chi connectivity index (χ3v) is 8.22. The largest absolute Gasteiger partial charge is 0.493 e. The number of ether oxygens (including phenoxy) is 3. The number of aryl methyl sites for hydroxylation is 1. The Morgan fingerprint density at radius 1 is 1.11 bits per heavy atom. The van der Waals surface area contributed by atoms with Gasteiger partial charge in [0.05, 0.1) is 19.1 Å². The van der Waals surface area contributed by atoms with Crippen LogP contribution in [0.5, 0.6) is 5.75 Å². The van der Waals surface area contributed by atoms with Crippen LogP contribution in [0, 0.1) is 17.8 Å². The first-order valence-electron chi connectivity index (χ1n) is 14.6. The molecule has 1 aromatic carbocycles. The second-order valence-corrected chi connectivity index (χ2v) is 11.4. The lowest BCUT2D eigenvalue weighted by Crippen LogP contribution is -2.46. The van der Waals surface area contributed by atoms with Gasteiger partial charge >= 0.3 is 0 Å². The Bertz CT molecular complexity index is 928. The van der Waals surface area contributed by atoms with Gasteiger partial charge in [-0.3, -0.25) is 9.59 Å². The molecule has 0 spiro atoms. The van der Waals surface area contributed by atoms with Crippen LogP contribution in [-0.2, 0) is 20.7 Å². The van der Waals surface area contributed by atoms with Crippen LogP contribution < -0.4 is 10.1 Å². The maximum Gasteiger partial charge on any atom is 0.254 e. The first-order chi connectivity index (χ1) is 18.4. The summed E-state index contributed by atoms with van der Waals surface area (Å²) >= 11 is 0. The smallest absolute Gasteiger partial charge is 0.254 e. The summed E-state index contributed by atoms with van der Waals surface area (Å²) in [7, 11) is 1.69. The van der Waals surface area contributed by atoms with E-state index in [9.17, 15) is 9.59 Å². The molecule has 2 aliphatic heterocycles. The highest BCUT2D eigenvalue weighted by molar-refractivity contribution is 5.95. The maximum atomic E-state index is 13.8. The number of nitrogens with zero attached hydrogens (tertiary/aromatic N) is 2. The summed E-state index contributed by atoms with van der Waals surface area (Å²) in [5.41, 5.74) is 1.77. The third-order valence-electron chi connectivity index (χ3n) is 8.22. The molecule has 2 heterocycles. The number of rotatable bonds is 14. The van der Waals surface area contributed by atoms with Gasteiger partial charge in [-0.15, -0.1) is 0 Å². The van der Waals surface area contributed by atoms with Crippen molar-refractivity contribution >= 4 is 11.8 Å². The van der Waals surface area contributed by atoms with Crippen LogP contribution >= 0.6 is 0 Å². The van der Waals surface area contributed by atoms with Gasteiger partial charge in [-0.05, 0) is 69.1 Å². The molecule has 1 aliphatic carbocycles. The van der Waals surface area contributed by atoms with Crippen molar-refractivity contribution in [2.45, 2.75) is 65.0 Å². The Kier molecular flexibility index (Phi) is 10.4. The number of carbonyl (C=O) groups is 2. The fraction of sp³-hybridized carbons (Fsp3) is 0.733. The summed E-state index contributed by atoms with van der Waals surface area (Å²) in [6, 6.07) is 6.30. The van der Waals surface area contributed by atoms with Crippen molar-refractivity contribution in [3.8, 4) is 5.75 Å². The minimum Gasteiger partial charge on any atom is -0.493 e. The maximum absolute atomic E-state index is 13.8. The molecule has 1 saturated carbocycles. The Hall–Kier alpha value is -2.16. The standard InChI is InChI=1S/C30H47N3O5/c1-5-22-7-8-23(15-28(22)38-13-6-12-36-4)29(34)32(21(2)3)18-25-16-31-17-26(25)19-33(27-9-10-27)30(35)24-11-14-37-20-24/h7-8,15,21,24-27,31H,5-6,9-14,16-20H2,1-4H3/t24-,25-,26-/m0/s1.